The zero-order chi connectivity index (χ0) is 19.7. The summed E-state index contributed by atoms with van der Waals surface area (Å²) in [5.41, 5.74) is 0.499. The summed E-state index contributed by atoms with van der Waals surface area (Å²) in [7, 11) is 0. The molecular formula is C26H38O2. The maximum atomic E-state index is 12.4. The highest BCUT2D eigenvalue weighted by atomic mass is 16.3. The van der Waals surface area contributed by atoms with Crippen molar-refractivity contribution in [2.75, 3.05) is 0 Å². The van der Waals surface area contributed by atoms with E-state index in [1.807, 2.05) is 6.92 Å². The number of carbonyl (C=O) groups is 1. The summed E-state index contributed by atoms with van der Waals surface area (Å²) in [5.74, 6) is 11.9. The van der Waals surface area contributed by atoms with Crippen LogP contribution in [0.25, 0.3) is 0 Å². The molecule has 0 aromatic carbocycles. The number of aliphatic hydroxyl groups is 1. The van der Waals surface area contributed by atoms with Gasteiger partial charge in [0, 0.05) is 17.8 Å². The lowest BCUT2D eigenvalue weighted by Crippen LogP contribution is -2.57. The third kappa shape index (κ3) is 2.75. The lowest BCUT2D eigenvalue weighted by atomic mass is 9.42. The highest BCUT2D eigenvalue weighted by Gasteiger charge is 2.62. The molecule has 0 heterocycles. The van der Waals surface area contributed by atoms with Gasteiger partial charge in [-0.3, -0.25) is 4.79 Å². The summed E-state index contributed by atoms with van der Waals surface area (Å²) in [6.45, 7) is 6.82. The van der Waals surface area contributed by atoms with Crippen LogP contribution in [0, 0.1) is 64.1 Å². The normalized spacial score (nSPS) is 52.6. The van der Waals surface area contributed by atoms with Crippen LogP contribution in [-0.2, 0) is 4.79 Å². The summed E-state index contributed by atoms with van der Waals surface area (Å²) in [5, 5.41) is 10.6. The molecule has 2 heteroatoms. The molecule has 5 aliphatic carbocycles. The van der Waals surface area contributed by atoms with E-state index >= 15 is 0 Å². The van der Waals surface area contributed by atoms with Gasteiger partial charge in [0.2, 0.25) is 0 Å². The van der Waals surface area contributed by atoms with E-state index in [0.717, 1.165) is 37.0 Å². The van der Waals surface area contributed by atoms with E-state index in [-0.39, 0.29) is 16.9 Å². The zero-order valence-corrected chi connectivity index (χ0v) is 18.0. The molecule has 5 aliphatic rings. The van der Waals surface area contributed by atoms with Crippen molar-refractivity contribution < 1.29 is 9.90 Å². The van der Waals surface area contributed by atoms with Crippen molar-refractivity contribution in [3.05, 3.63) is 0 Å². The van der Waals surface area contributed by atoms with Gasteiger partial charge in [-0.1, -0.05) is 25.7 Å². The van der Waals surface area contributed by atoms with Gasteiger partial charge in [0.25, 0.3) is 0 Å². The van der Waals surface area contributed by atoms with Crippen LogP contribution in [0.2, 0.25) is 0 Å². The zero-order valence-electron chi connectivity index (χ0n) is 18.0. The lowest BCUT2D eigenvalue weighted by Gasteiger charge is -2.62. The molecule has 0 aliphatic heterocycles. The Morgan fingerprint density at radius 3 is 2.43 bits per heavy atom. The van der Waals surface area contributed by atoms with Crippen LogP contribution >= 0.6 is 0 Å². The molecule has 0 aromatic heterocycles. The van der Waals surface area contributed by atoms with Gasteiger partial charge in [0.15, 0.2) is 0 Å². The molecule has 0 amide bonds. The fraction of sp³-hybridized carbons (Fsp3) is 0.885. The number of ketones is 1. The van der Waals surface area contributed by atoms with Crippen molar-refractivity contribution >= 4 is 5.78 Å². The molecule has 5 rings (SSSR count). The number of hydrogen-bond acceptors (Lipinski definition) is 2. The van der Waals surface area contributed by atoms with Crippen LogP contribution < -0.4 is 0 Å². The maximum absolute atomic E-state index is 12.4. The van der Waals surface area contributed by atoms with E-state index in [0.29, 0.717) is 29.5 Å². The second-order valence-electron chi connectivity index (χ2n) is 11.5. The predicted octanol–water partition coefficient (Wildman–Crippen LogP) is 5.23. The summed E-state index contributed by atoms with van der Waals surface area (Å²) in [6, 6.07) is 0. The Balaban J connectivity index is 1.47. The highest BCUT2D eigenvalue weighted by Crippen LogP contribution is 2.68. The van der Waals surface area contributed by atoms with E-state index in [4.69, 9.17) is 0 Å². The monoisotopic (exact) mass is 382 g/mol. The van der Waals surface area contributed by atoms with Crippen LogP contribution in [0.4, 0.5) is 0 Å². The van der Waals surface area contributed by atoms with Gasteiger partial charge in [-0.05, 0) is 106 Å². The first-order valence-electron chi connectivity index (χ1n) is 12.0. The summed E-state index contributed by atoms with van der Waals surface area (Å²) >= 11 is 0. The van der Waals surface area contributed by atoms with Crippen LogP contribution in [-0.4, -0.2) is 17.0 Å². The molecule has 1 N–H and O–H groups in total. The Kier molecular flexibility index (Phi) is 4.52. The molecule has 0 radical (unpaired) electrons. The molecular weight excluding hydrogens is 344 g/mol. The smallest absolute Gasteiger partial charge is 0.133 e. The Labute approximate surface area is 171 Å². The minimum atomic E-state index is -0.157. The predicted molar refractivity (Wildman–Crippen MR) is 111 cm³/mol. The lowest BCUT2D eigenvalue weighted by molar-refractivity contribution is -0.148. The van der Waals surface area contributed by atoms with Gasteiger partial charge < -0.3 is 5.11 Å². The SMILES string of the molecule is CC(=O)[C@H]1CC[C@H]2[C@@H]3CC[C@@H]4C[C@H](O)CC(C#CC5CC5)[C@]4(C)[C@H]3CC[C@]12C. The maximum Gasteiger partial charge on any atom is 0.133 e. The van der Waals surface area contributed by atoms with Gasteiger partial charge in [0.05, 0.1) is 6.10 Å². The van der Waals surface area contributed by atoms with Crippen molar-refractivity contribution in [2.24, 2.45) is 52.3 Å². The highest BCUT2D eigenvalue weighted by molar-refractivity contribution is 5.79. The molecule has 154 valence electrons. The van der Waals surface area contributed by atoms with Gasteiger partial charge in [-0.2, -0.15) is 0 Å². The summed E-state index contributed by atoms with van der Waals surface area (Å²) in [6.07, 6.45) is 11.7. The van der Waals surface area contributed by atoms with Crippen molar-refractivity contribution in [1.29, 1.82) is 0 Å². The van der Waals surface area contributed by atoms with Gasteiger partial charge >= 0.3 is 0 Å². The number of rotatable bonds is 1. The fourth-order valence-electron chi connectivity index (χ4n) is 8.66. The minimum absolute atomic E-state index is 0.157. The molecule has 0 spiro atoms. The van der Waals surface area contributed by atoms with E-state index in [2.05, 4.69) is 25.7 Å². The Morgan fingerprint density at radius 2 is 1.71 bits per heavy atom. The van der Waals surface area contributed by atoms with Crippen molar-refractivity contribution in [2.45, 2.75) is 91.1 Å². The van der Waals surface area contributed by atoms with Crippen molar-refractivity contribution in [3.63, 3.8) is 0 Å². The molecule has 0 aromatic rings. The van der Waals surface area contributed by atoms with Crippen molar-refractivity contribution in [3.8, 4) is 11.8 Å². The number of aliphatic hydroxyl groups excluding tert-OH is 1. The number of Topliss-reactive ketones (excluding diaryl/α,β-unsaturated/α-hetero) is 1. The van der Waals surface area contributed by atoms with E-state index in [9.17, 15) is 9.90 Å². The fourth-order valence-corrected chi connectivity index (χ4v) is 8.66. The van der Waals surface area contributed by atoms with Crippen LogP contribution in [0.15, 0.2) is 0 Å². The molecule has 5 saturated carbocycles. The number of carbonyl (C=O) groups excluding carboxylic acids is 1. The second kappa shape index (κ2) is 6.60. The first-order chi connectivity index (χ1) is 13.3. The molecule has 1 unspecified atom stereocenters. The average molecular weight is 383 g/mol. The topological polar surface area (TPSA) is 37.3 Å². The largest absolute Gasteiger partial charge is 0.393 e. The van der Waals surface area contributed by atoms with Crippen molar-refractivity contribution in [1.82, 2.24) is 0 Å². The van der Waals surface area contributed by atoms with Gasteiger partial charge in [0.1, 0.15) is 5.78 Å². The van der Waals surface area contributed by atoms with E-state index in [1.165, 1.54) is 44.9 Å². The number of hydrogen-bond donors (Lipinski definition) is 1. The van der Waals surface area contributed by atoms with Gasteiger partial charge in [-0.15, -0.1) is 0 Å². The second-order valence-corrected chi connectivity index (χ2v) is 11.5. The molecule has 28 heavy (non-hydrogen) atoms. The average Bonchev–Trinajstić information content (AvgIpc) is 3.39. The number of fused-ring (bicyclic) bond motifs is 5. The molecule has 0 bridgehead atoms. The molecule has 5 fully saturated rings. The Hall–Kier alpha value is -0.810. The standard InChI is InChI=1S/C26H38O2/c1-16(27)22-10-11-23-21-9-8-19-15-20(28)14-18(7-6-17-4-5-17)26(19,3)24(21)12-13-25(22,23)2/h17-24,28H,4-5,8-15H2,1-3H3/t18?,19-,20-,21+,22-,23+,24+,25-,26+/m1/s1. The Morgan fingerprint density at radius 1 is 0.929 bits per heavy atom. The third-order valence-electron chi connectivity index (χ3n) is 10.3. The Bertz CT molecular complexity index is 712. The van der Waals surface area contributed by atoms with E-state index in [1.54, 1.807) is 0 Å². The minimum Gasteiger partial charge on any atom is -0.393 e. The quantitative estimate of drug-likeness (QED) is 0.630. The van der Waals surface area contributed by atoms with Crippen LogP contribution in [0.3, 0.4) is 0 Å². The molecule has 2 nitrogen and oxygen atoms in total. The molecule has 9 atom stereocenters. The van der Waals surface area contributed by atoms with Crippen LogP contribution in [0.1, 0.15) is 85.0 Å². The van der Waals surface area contributed by atoms with Crippen LogP contribution in [0.5, 0.6) is 0 Å². The summed E-state index contributed by atoms with van der Waals surface area (Å²) < 4.78 is 0. The van der Waals surface area contributed by atoms with E-state index < -0.39 is 0 Å². The summed E-state index contributed by atoms with van der Waals surface area (Å²) in [4.78, 5) is 12.4. The third-order valence-corrected chi connectivity index (χ3v) is 10.3. The molecule has 0 saturated heterocycles. The van der Waals surface area contributed by atoms with Gasteiger partial charge in [-0.25, -0.2) is 0 Å². The first-order valence-corrected chi connectivity index (χ1v) is 12.0. The first kappa shape index (κ1) is 19.2.